The first kappa shape index (κ1) is 10.4. The van der Waals surface area contributed by atoms with Gasteiger partial charge < -0.3 is 19.2 Å². The number of halogens is 1. The second-order valence-electron chi connectivity index (χ2n) is 3.08. The standard InChI is InChI=1S/C9H8BrNO4/c10-7-3-5-6(15-7)1-2-11(9(5)14)4-8(12)13/h1-3,8,12-13H,4H2. The minimum Gasteiger partial charge on any atom is -0.449 e. The largest absolute Gasteiger partial charge is 0.449 e. The van der Waals surface area contributed by atoms with Crippen LogP contribution in [0, 0.1) is 0 Å². The van der Waals surface area contributed by atoms with Gasteiger partial charge in [0.05, 0.1) is 11.9 Å². The number of furan rings is 1. The van der Waals surface area contributed by atoms with Gasteiger partial charge in [0.25, 0.3) is 5.56 Å². The monoisotopic (exact) mass is 273 g/mol. The number of fused-ring (bicyclic) bond motifs is 1. The molecular weight excluding hydrogens is 266 g/mol. The van der Waals surface area contributed by atoms with Crippen molar-refractivity contribution in [2.24, 2.45) is 0 Å². The first-order chi connectivity index (χ1) is 7.08. The molecule has 0 aromatic carbocycles. The molecule has 0 amide bonds. The summed E-state index contributed by atoms with van der Waals surface area (Å²) in [7, 11) is 0. The molecule has 0 fully saturated rings. The third-order valence-electron chi connectivity index (χ3n) is 1.99. The second-order valence-corrected chi connectivity index (χ2v) is 3.86. The summed E-state index contributed by atoms with van der Waals surface area (Å²) >= 11 is 3.12. The molecule has 2 heterocycles. The lowest BCUT2D eigenvalue weighted by atomic mass is 10.3. The maximum absolute atomic E-state index is 11.7. The molecule has 0 bridgehead atoms. The summed E-state index contributed by atoms with van der Waals surface area (Å²) in [6.07, 6.45) is -0.0875. The molecule has 0 saturated heterocycles. The fourth-order valence-corrected chi connectivity index (χ4v) is 1.77. The summed E-state index contributed by atoms with van der Waals surface area (Å²) in [4.78, 5) is 11.7. The van der Waals surface area contributed by atoms with E-state index < -0.39 is 6.29 Å². The van der Waals surface area contributed by atoms with Gasteiger partial charge in [-0.2, -0.15) is 0 Å². The molecular formula is C9H8BrNO4. The van der Waals surface area contributed by atoms with Crippen molar-refractivity contribution in [1.82, 2.24) is 4.57 Å². The molecule has 80 valence electrons. The highest BCUT2D eigenvalue weighted by Crippen LogP contribution is 2.19. The van der Waals surface area contributed by atoms with Crippen LogP contribution in [0.3, 0.4) is 0 Å². The Morgan fingerprint density at radius 2 is 2.27 bits per heavy atom. The van der Waals surface area contributed by atoms with Gasteiger partial charge in [0.1, 0.15) is 5.58 Å². The van der Waals surface area contributed by atoms with E-state index in [-0.39, 0.29) is 12.1 Å². The van der Waals surface area contributed by atoms with Gasteiger partial charge in [-0.3, -0.25) is 4.79 Å². The van der Waals surface area contributed by atoms with Gasteiger partial charge in [-0.05, 0) is 22.0 Å². The third kappa shape index (κ3) is 1.97. The molecule has 15 heavy (non-hydrogen) atoms. The van der Waals surface area contributed by atoms with E-state index in [1.54, 1.807) is 12.1 Å². The molecule has 0 aliphatic rings. The molecule has 5 nitrogen and oxygen atoms in total. The van der Waals surface area contributed by atoms with Gasteiger partial charge in [-0.1, -0.05) is 0 Å². The lowest BCUT2D eigenvalue weighted by Gasteiger charge is -2.06. The smallest absolute Gasteiger partial charge is 0.261 e. The van der Waals surface area contributed by atoms with Crippen LogP contribution in [0.2, 0.25) is 0 Å². The quantitative estimate of drug-likeness (QED) is 0.789. The third-order valence-corrected chi connectivity index (χ3v) is 2.38. The van der Waals surface area contributed by atoms with E-state index in [0.717, 1.165) is 0 Å². The van der Waals surface area contributed by atoms with Crippen LogP contribution >= 0.6 is 15.9 Å². The first-order valence-electron chi connectivity index (χ1n) is 4.22. The number of hydrogen-bond acceptors (Lipinski definition) is 4. The Morgan fingerprint density at radius 3 is 2.93 bits per heavy atom. The molecule has 0 spiro atoms. The van der Waals surface area contributed by atoms with Crippen molar-refractivity contribution in [3.63, 3.8) is 0 Å². The zero-order valence-corrected chi connectivity index (χ0v) is 9.14. The van der Waals surface area contributed by atoms with E-state index in [9.17, 15) is 4.79 Å². The number of pyridine rings is 1. The number of aromatic nitrogens is 1. The molecule has 0 atom stereocenters. The van der Waals surface area contributed by atoms with Gasteiger partial charge in [0.15, 0.2) is 11.0 Å². The Labute approximate surface area is 92.7 Å². The molecule has 2 rings (SSSR count). The predicted molar refractivity (Wildman–Crippen MR) is 56.4 cm³/mol. The van der Waals surface area contributed by atoms with Gasteiger partial charge in [0, 0.05) is 12.3 Å². The Bertz CT molecular complexity index is 543. The number of aliphatic hydroxyl groups excluding tert-OH is 1. The van der Waals surface area contributed by atoms with Gasteiger partial charge >= 0.3 is 0 Å². The topological polar surface area (TPSA) is 75.6 Å². The average Bonchev–Trinajstić information content (AvgIpc) is 2.51. The molecule has 2 N–H and O–H groups in total. The summed E-state index contributed by atoms with van der Waals surface area (Å²) in [6.45, 7) is -0.155. The van der Waals surface area contributed by atoms with Crippen LogP contribution in [0.15, 0.2) is 32.2 Å². The normalized spacial score (nSPS) is 11.5. The van der Waals surface area contributed by atoms with Gasteiger partial charge in [-0.25, -0.2) is 0 Å². The summed E-state index contributed by atoms with van der Waals surface area (Å²) in [5.74, 6) is 0. The molecule has 0 saturated carbocycles. The number of nitrogens with zero attached hydrogens (tertiary/aromatic N) is 1. The number of aliphatic hydroxyl groups is 2. The SMILES string of the molecule is O=c1c2cc(Br)oc2ccn1CC(O)O. The highest BCUT2D eigenvalue weighted by molar-refractivity contribution is 9.10. The molecule has 6 heteroatoms. The van der Waals surface area contributed by atoms with E-state index in [2.05, 4.69) is 15.9 Å². The maximum Gasteiger partial charge on any atom is 0.261 e. The summed E-state index contributed by atoms with van der Waals surface area (Å²) in [5, 5.41) is 17.9. The fourth-order valence-electron chi connectivity index (χ4n) is 1.36. The summed E-state index contributed by atoms with van der Waals surface area (Å²) in [5.41, 5.74) is 0.158. The average molecular weight is 274 g/mol. The predicted octanol–water partition coefficient (Wildman–Crippen LogP) is 0.668. The minimum absolute atomic E-state index is 0.155. The van der Waals surface area contributed by atoms with E-state index in [1.165, 1.54) is 10.8 Å². The van der Waals surface area contributed by atoms with Crippen molar-refractivity contribution >= 4 is 26.9 Å². The van der Waals surface area contributed by atoms with E-state index in [0.29, 0.717) is 15.6 Å². The molecule has 0 radical (unpaired) electrons. The summed E-state index contributed by atoms with van der Waals surface area (Å²) < 4.78 is 6.87. The Balaban J connectivity index is 2.59. The fraction of sp³-hybridized carbons (Fsp3) is 0.222. The van der Waals surface area contributed by atoms with Crippen molar-refractivity contribution in [2.45, 2.75) is 12.8 Å². The van der Waals surface area contributed by atoms with Crippen LogP contribution in [-0.2, 0) is 6.54 Å². The Hall–Kier alpha value is -1.11. The maximum atomic E-state index is 11.7. The highest BCUT2D eigenvalue weighted by atomic mass is 79.9. The van der Waals surface area contributed by atoms with Crippen molar-refractivity contribution in [3.05, 3.63) is 33.4 Å². The number of rotatable bonds is 2. The number of hydrogen-bond donors (Lipinski definition) is 2. The molecule has 0 aliphatic carbocycles. The molecule has 2 aromatic rings. The lowest BCUT2D eigenvalue weighted by Crippen LogP contribution is -2.25. The van der Waals surface area contributed by atoms with Crippen molar-refractivity contribution in [2.75, 3.05) is 0 Å². The zero-order chi connectivity index (χ0) is 11.0. The van der Waals surface area contributed by atoms with E-state index in [1.807, 2.05) is 0 Å². The van der Waals surface area contributed by atoms with Crippen LogP contribution in [0.1, 0.15) is 0 Å². The summed E-state index contributed by atoms with van der Waals surface area (Å²) in [6, 6.07) is 3.15. The van der Waals surface area contributed by atoms with Crippen LogP contribution < -0.4 is 5.56 Å². The highest BCUT2D eigenvalue weighted by Gasteiger charge is 2.09. The van der Waals surface area contributed by atoms with Crippen LogP contribution in [-0.4, -0.2) is 21.1 Å². The van der Waals surface area contributed by atoms with Crippen molar-refractivity contribution < 1.29 is 14.6 Å². The van der Waals surface area contributed by atoms with Crippen molar-refractivity contribution in [1.29, 1.82) is 0 Å². The van der Waals surface area contributed by atoms with Crippen LogP contribution in [0.5, 0.6) is 0 Å². The Kier molecular flexibility index (Phi) is 2.64. The molecule has 0 aliphatic heterocycles. The van der Waals surface area contributed by atoms with E-state index >= 15 is 0 Å². The van der Waals surface area contributed by atoms with Crippen molar-refractivity contribution in [3.8, 4) is 0 Å². The second kappa shape index (κ2) is 3.80. The lowest BCUT2D eigenvalue weighted by molar-refractivity contribution is -0.0518. The molecule has 2 aromatic heterocycles. The minimum atomic E-state index is -1.55. The van der Waals surface area contributed by atoms with Crippen LogP contribution in [0.4, 0.5) is 0 Å². The first-order valence-corrected chi connectivity index (χ1v) is 5.02. The van der Waals surface area contributed by atoms with E-state index in [4.69, 9.17) is 14.6 Å². The van der Waals surface area contributed by atoms with Crippen LogP contribution in [0.25, 0.3) is 11.0 Å². The zero-order valence-electron chi connectivity index (χ0n) is 7.55. The van der Waals surface area contributed by atoms with Gasteiger partial charge in [-0.15, -0.1) is 0 Å². The molecule has 0 unspecified atom stereocenters. The van der Waals surface area contributed by atoms with Gasteiger partial charge in [0.2, 0.25) is 0 Å². The Morgan fingerprint density at radius 1 is 1.53 bits per heavy atom.